The number of carbonyl (C=O) groups excluding carboxylic acids is 4. The number of halogens is 3. The van der Waals surface area contributed by atoms with E-state index in [0.717, 1.165) is 28.2 Å². The van der Waals surface area contributed by atoms with Crippen molar-refractivity contribution < 1.29 is 47.6 Å². The molecule has 4 aliphatic rings. The normalized spacial score (nSPS) is 26.0. The Balaban J connectivity index is 1.16. The van der Waals surface area contributed by atoms with Crippen LogP contribution in [-0.2, 0) is 19.2 Å². The molecule has 6 unspecified atom stereocenters. The van der Waals surface area contributed by atoms with Crippen LogP contribution in [0.3, 0.4) is 0 Å². The molecule has 1 N–H and O–H groups in total. The third kappa shape index (κ3) is 6.31. The van der Waals surface area contributed by atoms with E-state index in [1.54, 1.807) is 68.8 Å². The molecule has 8 rings (SSSR count). The number of fused-ring (bicyclic) bond motifs is 4. The first kappa shape index (κ1) is 40.7. The predicted octanol–water partition coefficient (Wildman–Crippen LogP) is 8.05. The lowest BCUT2D eigenvalue weighted by Gasteiger charge is -2.49. The van der Waals surface area contributed by atoms with Crippen molar-refractivity contribution in [3.8, 4) is 28.7 Å². The molecule has 2 heterocycles. The summed E-state index contributed by atoms with van der Waals surface area (Å²) in [6.45, 7) is 0. The Morgan fingerprint density at radius 3 is 1.97 bits per heavy atom. The van der Waals surface area contributed by atoms with E-state index in [0.29, 0.717) is 28.3 Å². The highest BCUT2D eigenvalue weighted by Crippen LogP contribution is 2.63. The monoisotopic (exact) mass is 852 g/mol. The van der Waals surface area contributed by atoms with Crippen molar-refractivity contribution in [2.75, 3.05) is 38.2 Å². The molecule has 0 spiro atoms. The van der Waals surface area contributed by atoms with Crippen LogP contribution in [0.4, 0.5) is 15.8 Å². The molecule has 2 aliphatic heterocycles. The van der Waals surface area contributed by atoms with Gasteiger partial charge >= 0.3 is 0 Å². The fraction of sp³-hybridized carbons (Fsp3) is 0.261. The largest absolute Gasteiger partial charge is 0.502 e. The van der Waals surface area contributed by atoms with Crippen molar-refractivity contribution in [1.29, 1.82) is 0 Å². The maximum absolute atomic E-state index is 14.6. The summed E-state index contributed by atoms with van der Waals surface area (Å²) in [4.78, 5) is 55.8. The van der Waals surface area contributed by atoms with Gasteiger partial charge in [0.25, 0.3) is 11.8 Å². The molecular formula is C46H39Cl2FN2O9. The molecule has 4 amide bonds. The maximum Gasteiger partial charge on any atom is 0.258 e. The number of phenolic OH excluding ortho intramolecular Hbond substituents is 1. The number of methoxy groups -OCH3 is 4. The van der Waals surface area contributed by atoms with Crippen LogP contribution in [-0.4, -0.2) is 66.9 Å². The van der Waals surface area contributed by atoms with Crippen molar-refractivity contribution in [2.45, 2.75) is 22.6 Å². The average Bonchev–Trinajstić information content (AvgIpc) is 3.60. The van der Waals surface area contributed by atoms with E-state index >= 15 is 0 Å². The number of hydrogen-bond donors (Lipinski definition) is 1. The molecule has 0 bridgehead atoms. The summed E-state index contributed by atoms with van der Waals surface area (Å²) >= 11 is 14.9. The van der Waals surface area contributed by atoms with Crippen LogP contribution in [0.25, 0.3) is 18.2 Å². The second-order valence-electron chi connectivity index (χ2n) is 15.0. The number of ether oxygens (including phenoxy) is 4. The number of rotatable bonds is 10. The van der Waals surface area contributed by atoms with Gasteiger partial charge in [0.2, 0.25) is 17.6 Å². The Morgan fingerprint density at radius 1 is 0.700 bits per heavy atom. The van der Waals surface area contributed by atoms with E-state index in [-0.39, 0.29) is 35.8 Å². The van der Waals surface area contributed by atoms with Gasteiger partial charge in [-0.25, -0.2) is 9.29 Å². The van der Waals surface area contributed by atoms with Gasteiger partial charge in [0, 0.05) is 11.5 Å². The summed E-state index contributed by atoms with van der Waals surface area (Å²) in [7, 11) is 5.93. The number of phenols is 1. The highest BCUT2D eigenvalue weighted by molar-refractivity contribution is 6.58. The van der Waals surface area contributed by atoms with Gasteiger partial charge in [0.1, 0.15) is 17.3 Å². The van der Waals surface area contributed by atoms with Crippen molar-refractivity contribution in [3.63, 3.8) is 0 Å². The number of carbonyl (C=O) groups is 4. The number of imide groups is 2. The number of anilines is 2. The van der Waals surface area contributed by atoms with E-state index in [1.807, 2.05) is 30.4 Å². The third-order valence-corrected chi connectivity index (χ3v) is 13.4. The summed E-state index contributed by atoms with van der Waals surface area (Å²) in [5.41, 5.74) is 3.11. The minimum absolute atomic E-state index is 0.0747. The van der Waals surface area contributed by atoms with E-state index < -0.39 is 62.9 Å². The number of amides is 4. The number of allylic oxidation sites excluding steroid dienone is 3. The minimum atomic E-state index is -2.11. The van der Waals surface area contributed by atoms with Crippen LogP contribution in [0.15, 0.2) is 96.6 Å². The second-order valence-corrected chi connectivity index (χ2v) is 16.2. The van der Waals surface area contributed by atoms with Crippen LogP contribution in [0.1, 0.15) is 29.5 Å². The Labute approximate surface area is 355 Å². The number of nitrogens with zero attached hydrogens (tertiary/aromatic N) is 2. The zero-order valence-corrected chi connectivity index (χ0v) is 34.4. The topological polar surface area (TPSA) is 132 Å². The van der Waals surface area contributed by atoms with Crippen molar-refractivity contribution in [2.24, 2.45) is 23.7 Å². The first-order valence-corrected chi connectivity index (χ1v) is 19.8. The molecule has 3 fully saturated rings. The molecule has 2 saturated heterocycles. The van der Waals surface area contributed by atoms with Crippen LogP contribution in [0.2, 0.25) is 0 Å². The molecular weight excluding hydrogens is 814 g/mol. The lowest BCUT2D eigenvalue weighted by Crippen LogP contribution is -2.60. The van der Waals surface area contributed by atoms with Gasteiger partial charge < -0.3 is 24.1 Å². The van der Waals surface area contributed by atoms with Gasteiger partial charge in [-0.05, 0) is 96.6 Å². The maximum atomic E-state index is 14.6. The smallest absolute Gasteiger partial charge is 0.258 e. The van der Waals surface area contributed by atoms with Gasteiger partial charge in [-0.1, -0.05) is 48.1 Å². The van der Waals surface area contributed by atoms with E-state index in [2.05, 4.69) is 0 Å². The number of benzene rings is 4. The molecule has 1 saturated carbocycles. The van der Waals surface area contributed by atoms with E-state index in [1.165, 1.54) is 31.3 Å². The molecule has 308 valence electrons. The lowest BCUT2D eigenvalue weighted by molar-refractivity contribution is -0.125. The number of aromatic hydroxyl groups is 1. The summed E-state index contributed by atoms with van der Waals surface area (Å²) in [6, 6.07) is 20.4. The first-order valence-electron chi connectivity index (χ1n) is 19.0. The second kappa shape index (κ2) is 15.5. The Hall–Kier alpha value is -6.11. The minimum Gasteiger partial charge on any atom is -0.502 e. The first-order chi connectivity index (χ1) is 28.8. The SMILES string of the molecule is COc1ccc(OC)c(C=Cc2ccc(N3C(=O)C4CC=C5C(CC6(Cl)C(=O)N(c7ccc(F)cc7)C(=O)C6(Cl)C5C=Cc5cc(OC)c(O)c(OC)c5)C4C3=O)cc2)c1. The number of alkyl halides is 2. The molecule has 14 heteroatoms. The van der Waals surface area contributed by atoms with Crippen LogP contribution in [0.5, 0.6) is 28.7 Å². The Morgan fingerprint density at radius 2 is 1.33 bits per heavy atom. The Kier molecular flexibility index (Phi) is 10.5. The Bertz CT molecular complexity index is 2500. The van der Waals surface area contributed by atoms with Crippen molar-refractivity contribution in [1.82, 2.24) is 0 Å². The van der Waals surface area contributed by atoms with Crippen LogP contribution in [0, 0.1) is 29.5 Å². The van der Waals surface area contributed by atoms with Crippen LogP contribution < -0.4 is 28.7 Å². The van der Waals surface area contributed by atoms with Crippen LogP contribution >= 0.6 is 23.2 Å². The molecule has 11 nitrogen and oxygen atoms in total. The van der Waals surface area contributed by atoms with E-state index in [9.17, 15) is 28.7 Å². The van der Waals surface area contributed by atoms with Gasteiger partial charge in [0.15, 0.2) is 21.2 Å². The standard InChI is InChI=1S/C46H39Cl2FN2O9/c1-57-31-16-20-36(58-2)27(23-31)9-5-25-6-12-29(13-7-25)50-41(53)33-18-17-32-34(39(33)42(50)54)24-45(47)43(55)51(30-14-10-28(49)11-15-30)44(56)46(45,48)35(32)19-8-26-21-37(59-3)40(52)38(22-26)60-4/h5-17,19-23,33-35,39,52H,18,24H2,1-4H3. The quantitative estimate of drug-likeness (QED) is 0.0729. The van der Waals surface area contributed by atoms with Gasteiger partial charge in [-0.2, -0.15) is 0 Å². The fourth-order valence-corrected chi connectivity index (χ4v) is 9.90. The zero-order chi connectivity index (χ0) is 42.7. The predicted molar refractivity (Wildman–Crippen MR) is 225 cm³/mol. The third-order valence-electron chi connectivity index (χ3n) is 12.0. The number of hydrogen-bond acceptors (Lipinski definition) is 9. The van der Waals surface area contributed by atoms with Crippen molar-refractivity contribution >= 4 is 76.4 Å². The summed E-state index contributed by atoms with van der Waals surface area (Å²) < 4.78 is 35.5. The van der Waals surface area contributed by atoms with Crippen molar-refractivity contribution in [3.05, 3.63) is 119 Å². The molecule has 6 atom stereocenters. The average molecular weight is 854 g/mol. The fourth-order valence-electron chi connectivity index (χ4n) is 9.01. The van der Waals surface area contributed by atoms with Gasteiger partial charge in [-0.3, -0.25) is 24.1 Å². The van der Waals surface area contributed by atoms with Gasteiger partial charge in [0.05, 0.1) is 51.6 Å². The summed E-state index contributed by atoms with van der Waals surface area (Å²) in [5, 5.41) is 10.5. The molecule has 4 aromatic rings. The summed E-state index contributed by atoms with van der Waals surface area (Å²) in [6.07, 6.45) is 8.78. The van der Waals surface area contributed by atoms with E-state index in [4.69, 9.17) is 42.1 Å². The highest BCUT2D eigenvalue weighted by atomic mass is 35.5. The molecule has 0 radical (unpaired) electrons. The lowest BCUT2D eigenvalue weighted by atomic mass is 9.57. The highest BCUT2D eigenvalue weighted by Gasteiger charge is 2.76. The molecule has 60 heavy (non-hydrogen) atoms. The summed E-state index contributed by atoms with van der Waals surface area (Å²) in [5.74, 6) is -5.29. The molecule has 2 aliphatic carbocycles. The molecule has 4 aromatic carbocycles. The zero-order valence-electron chi connectivity index (χ0n) is 32.9. The molecule has 0 aromatic heterocycles. The van der Waals surface area contributed by atoms with Gasteiger partial charge in [-0.15, -0.1) is 23.2 Å².